The molecule has 0 spiro atoms. The largest absolute Gasteiger partial charge is 0.444 e. The number of H-pyrrole nitrogens is 3. The molecule has 6 aromatic rings. The van der Waals surface area contributed by atoms with Gasteiger partial charge in [0.05, 0.1) is 18.1 Å². The van der Waals surface area contributed by atoms with E-state index in [1.54, 1.807) is 77.0 Å². The number of carbonyl (C=O) groups is 3. The zero-order valence-corrected chi connectivity index (χ0v) is 58.0. The smallest absolute Gasteiger partial charge is 0.410 e. The van der Waals surface area contributed by atoms with Crippen LogP contribution in [-0.2, 0) is 14.2 Å². The molecule has 3 aliphatic rings. The van der Waals surface area contributed by atoms with E-state index in [9.17, 15) is 41.9 Å². The molecule has 3 atom stereocenters. The summed E-state index contributed by atoms with van der Waals surface area (Å²) in [4.78, 5) is 116. The topological polar surface area (TPSA) is 274 Å². The van der Waals surface area contributed by atoms with Gasteiger partial charge in [-0.2, -0.15) is 13.2 Å². The molecule has 9 heterocycles. The van der Waals surface area contributed by atoms with E-state index in [-0.39, 0.29) is 109 Å². The second kappa shape index (κ2) is 29.2. The third kappa shape index (κ3) is 19.5. The second-order valence-corrected chi connectivity index (χ2v) is 28.5. The molecule has 0 aromatic carbocycles. The SMILES string of the molecule is CC(C)(C)OC(=O)N1CCN(c2nc(-c3ccnc(F)c3)[nH]c(=O)c2Cl)CC1C(C)(C)F.CC(C)(C)OC(=O)N1CCN(c2nc(-c3ccnc(F)c3)[nH]c(=O)c2Cl)CC1C(C)(C)F.CC(C)(C)OC(=O)N1CCN(c2nc(-c3ccnc(F)c3)[nH]c(=O)c2Cl)CC1C(C)(C)F. The van der Waals surface area contributed by atoms with Crippen molar-refractivity contribution >= 4 is 70.5 Å². The number of anilines is 3. The highest BCUT2D eigenvalue weighted by molar-refractivity contribution is 6.33. The quantitative estimate of drug-likeness (QED) is 0.0689. The zero-order chi connectivity index (χ0) is 71.5. The molecule has 0 saturated carbocycles. The molecule has 522 valence electrons. The van der Waals surface area contributed by atoms with Crippen molar-refractivity contribution in [3.63, 3.8) is 0 Å². The number of nitrogens with zero attached hydrogens (tertiary/aromatic N) is 12. The van der Waals surface area contributed by atoms with E-state index in [0.29, 0.717) is 16.7 Å². The molecule has 3 amide bonds. The van der Waals surface area contributed by atoms with Crippen molar-refractivity contribution < 1.29 is 54.9 Å². The van der Waals surface area contributed by atoms with Crippen LogP contribution in [0.25, 0.3) is 34.2 Å². The number of pyridine rings is 3. The molecule has 3 unspecified atom stereocenters. The van der Waals surface area contributed by atoms with Gasteiger partial charge in [0.15, 0.2) is 17.5 Å². The predicted molar refractivity (Wildman–Crippen MR) is 352 cm³/mol. The van der Waals surface area contributed by atoms with Crippen LogP contribution in [0.3, 0.4) is 0 Å². The van der Waals surface area contributed by atoms with E-state index in [1.165, 1.54) is 93.0 Å². The number of hydrogen-bond acceptors (Lipinski definition) is 18. The molecule has 24 nitrogen and oxygen atoms in total. The Morgan fingerprint density at radius 2 is 0.656 bits per heavy atom. The van der Waals surface area contributed by atoms with E-state index in [2.05, 4.69) is 44.9 Å². The minimum Gasteiger partial charge on any atom is -0.444 e. The number of rotatable bonds is 9. The van der Waals surface area contributed by atoms with Crippen molar-refractivity contribution in [2.75, 3.05) is 73.6 Å². The van der Waals surface area contributed by atoms with E-state index in [4.69, 9.17) is 49.0 Å². The van der Waals surface area contributed by atoms with Gasteiger partial charge in [-0.25, -0.2) is 57.5 Å². The van der Waals surface area contributed by atoms with Crippen molar-refractivity contribution in [2.24, 2.45) is 0 Å². The Balaban J connectivity index is 0.000000203. The van der Waals surface area contributed by atoms with Crippen molar-refractivity contribution in [2.45, 2.75) is 156 Å². The summed E-state index contributed by atoms with van der Waals surface area (Å²) in [7, 11) is 0. The highest BCUT2D eigenvalue weighted by Crippen LogP contribution is 2.35. The van der Waals surface area contributed by atoms with Crippen LogP contribution in [0.2, 0.25) is 15.1 Å². The Bertz CT molecular complexity index is 3600. The number of nitrogens with one attached hydrogen (secondary N) is 3. The molecule has 3 saturated heterocycles. The van der Waals surface area contributed by atoms with E-state index < -0.39 is 105 Å². The van der Waals surface area contributed by atoms with E-state index in [0.717, 1.165) is 18.2 Å². The van der Waals surface area contributed by atoms with Gasteiger partial charge in [0.25, 0.3) is 16.7 Å². The Hall–Kier alpha value is -8.25. The number of ether oxygens (including phenoxy) is 3. The molecule has 9 rings (SSSR count). The first kappa shape index (κ1) is 75.1. The van der Waals surface area contributed by atoms with Crippen LogP contribution in [0.4, 0.5) is 58.2 Å². The van der Waals surface area contributed by atoms with E-state index >= 15 is 13.2 Å². The lowest BCUT2D eigenvalue weighted by Gasteiger charge is -2.45. The fourth-order valence-electron chi connectivity index (χ4n) is 10.3. The number of piperazine rings is 3. The van der Waals surface area contributed by atoms with Crippen LogP contribution >= 0.6 is 34.8 Å². The summed E-state index contributed by atoms with van der Waals surface area (Å²) < 4.78 is 102. The summed E-state index contributed by atoms with van der Waals surface area (Å²) in [5.41, 5.74) is -8.45. The van der Waals surface area contributed by atoms with Gasteiger partial charge in [0.2, 0.25) is 17.8 Å². The second-order valence-electron chi connectivity index (χ2n) is 27.4. The third-order valence-electron chi connectivity index (χ3n) is 14.8. The van der Waals surface area contributed by atoms with Crippen molar-refractivity contribution in [3.8, 4) is 34.2 Å². The van der Waals surface area contributed by atoms with Gasteiger partial charge in [0.1, 0.15) is 66.4 Å². The number of halogens is 9. The number of alkyl halides is 3. The predicted octanol–water partition coefficient (Wildman–Crippen LogP) is 11.4. The molecule has 33 heteroatoms. The van der Waals surface area contributed by atoms with Gasteiger partial charge in [0, 0.05) is 112 Å². The van der Waals surface area contributed by atoms with Crippen molar-refractivity contribution in [3.05, 3.63) is 119 Å². The maximum Gasteiger partial charge on any atom is 0.410 e. The van der Waals surface area contributed by atoms with Crippen LogP contribution in [0.1, 0.15) is 104 Å². The number of hydrogen-bond donors (Lipinski definition) is 3. The normalized spacial score (nSPS) is 17.4. The molecule has 0 aliphatic carbocycles. The van der Waals surface area contributed by atoms with Crippen LogP contribution in [0, 0.1) is 17.8 Å². The minimum atomic E-state index is -1.78. The van der Waals surface area contributed by atoms with Crippen LogP contribution in [-0.4, -0.2) is 189 Å². The number of carbonyl (C=O) groups excluding carboxylic acids is 3. The summed E-state index contributed by atoms with van der Waals surface area (Å²) in [5.74, 6) is -1.52. The molecule has 3 fully saturated rings. The first-order valence-corrected chi connectivity index (χ1v) is 31.5. The maximum absolute atomic E-state index is 15.1. The highest BCUT2D eigenvalue weighted by Gasteiger charge is 2.46. The first-order valence-electron chi connectivity index (χ1n) is 30.3. The molecular weight excluding hydrogens is 1330 g/mol. The summed E-state index contributed by atoms with van der Waals surface area (Å²) in [6, 6.07) is 5.21. The number of amides is 3. The molecule has 3 aliphatic heterocycles. The lowest BCUT2D eigenvalue weighted by atomic mass is 9.96. The highest BCUT2D eigenvalue weighted by atomic mass is 35.5. The molecular formula is C63H78Cl3F6N15O9. The van der Waals surface area contributed by atoms with Crippen LogP contribution in [0.5, 0.6) is 0 Å². The van der Waals surface area contributed by atoms with Gasteiger partial charge in [-0.3, -0.25) is 29.1 Å². The lowest BCUT2D eigenvalue weighted by Crippen LogP contribution is -2.62. The minimum absolute atomic E-state index is 0.0308. The summed E-state index contributed by atoms with van der Waals surface area (Å²) in [6.45, 7) is 25.1. The summed E-state index contributed by atoms with van der Waals surface area (Å²) in [5, 5.41) is -0.529. The van der Waals surface area contributed by atoms with Crippen molar-refractivity contribution in [1.82, 2.24) is 59.6 Å². The summed E-state index contributed by atoms with van der Waals surface area (Å²) >= 11 is 18.7. The molecule has 3 N–H and O–H groups in total. The molecule has 96 heavy (non-hydrogen) atoms. The van der Waals surface area contributed by atoms with E-state index in [1.807, 2.05) is 0 Å². The number of aromatic amines is 3. The lowest BCUT2D eigenvalue weighted by molar-refractivity contribution is -0.0112. The third-order valence-corrected chi connectivity index (χ3v) is 15.9. The van der Waals surface area contributed by atoms with Gasteiger partial charge < -0.3 is 43.9 Å². The summed E-state index contributed by atoms with van der Waals surface area (Å²) in [6.07, 6.45) is 1.89. The van der Waals surface area contributed by atoms with Crippen molar-refractivity contribution in [1.29, 1.82) is 0 Å². The molecule has 0 radical (unpaired) electrons. The van der Waals surface area contributed by atoms with Gasteiger partial charge in [-0.05, 0) is 122 Å². The van der Waals surface area contributed by atoms with Gasteiger partial charge >= 0.3 is 18.3 Å². The van der Waals surface area contributed by atoms with Crippen LogP contribution < -0.4 is 31.4 Å². The first-order chi connectivity index (χ1) is 44.3. The number of aromatic nitrogens is 9. The Morgan fingerprint density at radius 3 is 0.854 bits per heavy atom. The standard InChI is InChI=1S/3C21H26ClF2N5O3/c3*1-20(2,3)32-19(31)29-9-8-28(11-13(29)21(4,5)24)17-15(22)18(30)27-16(26-17)12-6-7-25-14(23)10-12/h3*6-7,10,13H,8-9,11H2,1-5H3,(H,26,27,30). The van der Waals surface area contributed by atoms with Gasteiger partial charge in [-0.15, -0.1) is 0 Å². The average Bonchev–Trinajstić information content (AvgIpc) is 0.789. The zero-order valence-electron chi connectivity index (χ0n) is 55.7. The van der Waals surface area contributed by atoms with Gasteiger partial charge in [-0.1, -0.05) is 34.8 Å². The molecule has 6 aromatic heterocycles. The monoisotopic (exact) mass is 1410 g/mol. The average molecular weight is 1410 g/mol. The Labute approximate surface area is 565 Å². The Morgan fingerprint density at radius 1 is 0.427 bits per heavy atom. The van der Waals surface area contributed by atoms with Crippen LogP contribution in [0.15, 0.2) is 69.4 Å². The fourth-order valence-corrected chi connectivity index (χ4v) is 11.0. The maximum atomic E-state index is 15.1. The Kier molecular flexibility index (Phi) is 22.9. The fraction of sp³-hybridized carbons (Fsp3) is 0.524. The molecule has 0 bridgehead atoms.